The quantitative estimate of drug-likeness (QED) is 0.520. The van der Waals surface area contributed by atoms with Gasteiger partial charge in [0.15, 0.2) is 0 Å². The van der Waals surface area contributed by atoms with E-state index in [0.29, 0.717) is 6.42 Å². The van der Waals surface area contributed by atoms with E-state index in [4.69, 9.17) is 10.8 Å². The van der Waals surface area contributed by atoms with Crippen LogP contribution in [0.5, 0.6) is 0 Å². The summed E-state index contributed by atoms with van der Waals surface area (Å²) in [6, 6.07) is 0. The molecule has 4 nitrogen and oxygen atoms in total. The van der Waals surface area contributed by atoms with Gasteiger partial charge in [-0.25, -0.2) is 4.79 Å². The molecule has 0 aliphatic heterocycles. The molecule has 0 bridgehead atoms. The smallest absolute Gasteiger partial charge is 0.329 e. The average Bonchev–Trinajstić information content (AvgIpc) is 1.83. The van der Waals surface area contributed by atoms with Crippen molar-refractivity contribution in [1.82, 2.24) is 0 Å². The van der Waals surface area contributed by atoms with Crippen LogP contribution in [-0.2, 0) is 9.53 Å². The third kappa shape index (κ3) is 5.26. The topological polar surface area (TPSA) is 72.5 Å². The zero-order valence-corrected chi connectivity index (χ0v) is 5.33. The number of nitrogens with two attached hydrogens (primary N) is 1. The molecule has 0 rings (SSSR count). The Balaban J connectivity index is 3.16. The van der Waals surface area contributed by atoms with E-state index < -0.39 is 12.2 Å². The van der Waals surface area contributed by atoms with E-state index in [-0.39, 0.29) is 6.61 Å². The maximum absolute atomic E-state index is 9.84. The SMILES string of the molecule is CCC(N)OCC(=O)O. The highest BCUT2D eigenvalue weighted by Gasteiger charge is 2.00. The van der Waals surface area contributed by atoms with Crippen molar-refractivity contribution in [2.24, 2.45) is 5.73 Å². The first-order valence-corrected chi connectivity index (χ1v) is 2.75. The molecule has 0 aliphatic carbocycles. The van der Waals surface area contributed by atoms with Crippen molar-refractivity contribution in [2.75, 3.05) is 6.61 Å². The third-order valence-electron chi connectivity index (χ3n) is 0.823. The molecule has 0 aliphatic rings. The molecule has 0 aromatic heterocycles. The summed E-state index contributed by atoms with van der Waals surface area (Å²) in [5, 5.41) is 8.08. The number of ether oxygens (including phenoxy) is 1. The molecule has 0 heterocycles. The zero-order chi connectivity index (χ0) is 7.28. The van der Waals surface area contributed by atoms with Crippen LogP contribution in [0, 0.1) is 0 Å². The van der Waals surface area contributed by atoms with Crippen molar-refractivity contribution >= 4 is 5.97 Å². The second-order valence-corrected chi connectivity index (χ2v) is 1.65. The van der Waals surface area contributed by atoms with Crippen LogP contribution in [0.4, 0.5) is 0 Å². The van der Waals surface area contributed by atoms with Gasteiger partial charge < -0.3 is 15.6 Å². The van der Waals surface area contributed by atoms with Gasteiger partial charge in [0.05, 0.1) is 0 Å². The van der Waals surface area contributed by atoms with Crippen LogP contribution in [-0.4, -0.2) is 23.9 Å². The van der Waals surface area contributed by atoms with E-state index in [9.17, 15) is 4.79 Å². The van der Waals surface area contributed by atoms with Crippen LogP contribution in [0.3, 0.4) is 0 Å². The second kappa shape index (κ2) is 4.29. The third-order valence-corrected chi connectivity index (χ3v) is 0.823. The molecule has 9 heavy (non-hydrogen) atoms. The van der Waals surface area contributed by atoms with Crippen molar-refractivity contribution in [3.05, 3.63) is 0 Å². The van der Waals surface area contributed by atoms with Crippen LogP contribution in [0.15, 0.2) is 0 Å². The van der Waals surface area contributed by atoms with E-state index in [1.807, 2.05) is 6.92 Å². The van der Waals surface area contributed by atoms with Crippen molar-refractivity contribution in [3.8, 4) is 0 Å². The molecule has 1 unspecified atom stereocenters. The Kier molecular flexibility index (Phi) is 4.00. The molecule has 0 radical (unpaired) electrons. The van der Waals surface area contributed by atoms with Crippen LogP contribution >= 0.6 is 0 Å². The summed E-state index contributed by atoms with van der Waals surface area (Å²) >= 11 is 0. The lowest BCUT2D eigenvalue weighted by atomic mass is 10.4. The van der Waals surface area contributed by atoms with Crippen molar-refractivity contribution in [3.63, 3.8) is 0 Å². The van der Waals surface area contributed by atoms with Gasteiger partial charge >= 0.3 is 5.97 Å². The van der Waals surface area contributed by atoms with Gasteiger partial charge in [0.2, 0.25) is 0 Å². The largest absolute Gasteiger partial charge is 0.480 e. The van der Waals surface area contributed by atoms with Gasteiger partial charge in [-0.3, -0.25) is 0 Å². The minimum Gasteiger partial charge on any atom is -0.480 e. The molecule has 1 atom stereocenters. The standard InChI is InChI=1S/C5H11NO3/c1-2-4(6)9-3-5(7)8/h4H,2-3,6H2,1H3,(H,7,8). The summed E-state index contributed by atoms with van der Waals surface area (Å²) in [4.78, 5) is 9.84. The first kappa shape index (κ1) is 8.39. The highest BCUT2D eigenvalue weighted by Crippen LogP contribution is 1.86. The van der Waals surface area contributed by atoms with Crippen LogP contribution in [0.2, 0.25) is 0 Å². The van der Waals surface area contributed by atoms with E-state index in [2.05, 4.69) is 4.74 Å². The Bertz CT molecular complexity index is 94.2. The van der Waals surface area contributed by atoms with E-state index in [1.165, 1.54) is 0 Å². The average molecular weight is 133 g/mol. The highest BCUT2D eigenvalue weighted by molar-refractivity contribution is 5.67. The molecule has 0 saturated carbocycles. The van der Waals surface area contributed by atoms with Crippen LogP contribution < -0.4 is 5.73 Å². The molecular weight excluding hydrogens is 122 g/mol. The molecule has 0 aromatic rings. The van der Waals surface area contributed by atoms with E-state index in [0.717, 1.165) is 0 Å². The summed E-state index contributed by atoms with van der Waals surface area (Å²) in [5.41, 5.74) is 5.24. The van der Waals surface area contributed by atoms with Gasteiger partial charge in [-0.1, -0.05) is 6.92 Å². The lowest BCUT2D eigenvalue weighted by molar-refractivity contribution is -0.144. The monoisotopic (exact) mass is 133 g/mol. The molecule has 0 aromatic carbocycles. The van der Waals surface area contributed by atoms with E-state index >= 15 is 0 Å². The van der Waals surface area contributed by atoms with Gasteiger partial charge in [-0.15, -0.1) is 0 Å². The fraction of sp³-hybridized carbons (Fsp3) is 0.800. The molecule has 54 valence electrons. The first-order chi connectivity index (χ1) is 4.16. The highest BCUT2D eigenvalue weighted by atomic mass is 16.5. The molecule has 0 fully saturated rings. The number of carboxylic acid groups (broad SMARTS) is 1. The fourth-order valence-corrected chi connectivity index (χ4v) is 0.296. The van der Waals surface area contributed by atoms with Crippen LogP contribution in [0.25, 0.3) is 0 Å². The molecule has 0 spiro atoms. The minimum atomic E-state index is -0.987. The second-order valence-electron chi connectivity index (χ2n) is 1.65. The number of hydrogen-bond acceptors (Lipinski definition) is 3. The fourth-order valence-electron chi connectivity index (χ4n) is 0.296. The maximum atomic E-state index is 9.84. The summed E-state index contributed by atoms with van der Waals surface area (Å²) < 4.78 is 4.63. The van der Waals surface area contributed by atoms with Gasteiger partial charge in [-0.05, 0) is 6.42 Å². The summed E-state index contributed by atoms with van der Waals surface area (Å²) in [6.07, 6.45) is 0.189. The maximum Gasteiger partial charge on any atom is 0.329 e. The number of hydrogen-bond donors (Lipinski definition) is 2. The number of carbonyl (C=O) groups is 1. The van der Waals surface area contributed by atoms with Gasteiger partial charge in [0.1, 0.15) is 12.8 Å². The molecule has 0 saturated heterocycles. The van der Waals surface area contributed by atoms with Crippen molar-refractivity contribution in [1.29, 1.82) is 0 Å². The summed E-state index contributed by atoms with van der Waals surface area (Å²) in [6.45, 7) is 1.52. The lowest BCUT2D eigenvalue weighted by Gasteiger charge is -2.06. The first-order valence-electron chi connectivity index (χ1n) is 2.75. The van der Waals surface area contributed by atoms with Crippen LogP contribution in [0.1, 0.15) is 13.3 Å². The molecule has 0 amide bonds. The Hall–Kier alpha value is -0.610. The molecular formula is C5H11NO3. The van der Waals surface area contributed by atoms with Gasteiger partial charge in [0.25, 0.3) is 0 Å². The predicted octanol–water partition coefficient (Wildman–Crippen LogP) is -0.218. The Labute approximate surface area is 53.6 Å². The Morgan fingerprint density at radius 2 is 2.44 bits per heavy atom. The van der Waals surface area contributed by atoms with Crippen molar-refractivity contribution < 1.29 is 14.6 Å². The number of rotatable bonds is 4. The number of aliphatic carboxylic acids is 1. The normalized spacial score (nSPS) is 13.1. The van der Waals surface area contributed by atoms with Gasteiger partial charge in [-0.2, -0.15) is 0 Å². The summed E-state index contributed by atoms with van der Waals surface area (Å²) in [5.74, 6) is -0.987. The Morgan fingerprint density at radius 1 is 1.89 bits per heavy atom. The van der Waals surface area contributed by atoms with Crippen molar-refractivity contribution in [2.45, 2.75) is 19.6 Å². The predicted molar refractivity (Wildman–Crippen MR) is 31.9 cm³/mol. The Morgan fingerprint density at radius 3 is 2.78 bits per heavy atom. The van der Waals surface area contributed by atoms with E-state index in [1.54, 1.807) is 0 Å². The molecule has 4 heteroatoms. The zero-order valence-electron chi connectivity index (χ0n) is 5.33. The molecule has 3 N–H and O–H groups in total. The number of carboxylic acids is 1. The lowest BCUT2D eigenvalue weighted by Crippen LogP contribution is -2.25. The minimum absolute atomic E-state index is 0.311. The summed E-state index contributed by atoms with van der Waals surface area (Å²) in [7, 11) is 0. The van der Waals surface area contributed by atoms with Gasteiger partial charge in [0, 0.05) is 0 Å².